The summed E-state index contributed by atoms with van der Waals surface area (Å²) in [4.78, 5) is 0. The van der Waals surface area contributed by atoms with E-state index in [-0.39, 0.29) is 5.92 Å². The van der Waals surface area contributed by atoms with Crippen molar-refractivity contribution in [3.05, 3.63) is 0 Å². The van der Waals surface area contributed by atoms with Crippen LogP contribution in [0.5, 0.6) is 0 Å². The van der Waals surface area contributed by atoms with Gasteiger partial charge in [0.1, 0.15) is 5.60 Å². The average molecular weight is 156 g/mol. The molecule has 2 heteroatoms. The molecule has 0 amide bonds. The van der Waals surface area contributed by atoms with E-state index in [0.717, 1.165) is 0 Å². The molecule has 0 aliphatic rings. The Bertz CT molecular complexity index is 170. The fourth-order valence-electron chi connectivity index (χ4n) is 0.395. The molecule has 2 N–H and O–H groups in total. The highest BCUT2D eigenvalue weighted by molar-refractivity contribution is 5.15. The maximum absolute atomic E-state index is 9.42. The molecule has 0 fully saturated rings. The van der Waals surface area contributed by atoms with Gasteiger partial charge in [-0.2, -0.15) is 0 Å². The molecule has 11 heavy (non-hydrogen) atoms. The van der Waals surface area contributed by atoms with Gasteiger partial charge in [-0.3, -0.25) is 0 Å². The molecule has 2 atom stereocenters. The van der Waals surface area contributed by atoms with Gasteiger partial charge in [0.2, 0.25) is 0 Å². The third-order valence-electron chi connectivity index (χ3n) is 1.43. The van der Waals surface area contributed by atoms with E-state index in [0.29, 0.717) is 0 Å². The summed E-state index contributed by atoms with van der Waals surface area (Å²) < 4.78 is 0. The zero-order chi connectivity index (χ0) is 9.07. The third kappa shape index (κ3) is 4.02. The molecule has 0 aromatic heterocycles. The van der Waals surface area contributed by atoms with Crippen LogP contribution in [0.3, 0.4) is 0 Å². The van der Waals surface area contributed by atoms with Crippen molar-refractivity contribution in [1.82, 2.24) is 0 Å². The zero-order valence-corrected chi connectivity index (χ0v) is 7.55. The van der Waals surface area contributed by atoms with Crippen LogP contribution >= 0.6 is 0 Å². The van der Waals surface area contributed by atoms with Crippen molar-refractivity contribution in [2.75, 3.05) is 0 Å². The minimum absolute atomic E-state index is 0.222. The smallest absolute Gasteiger partial charge is 0.148 e. The molecule has 64 valence electrons. The fourth-order valence-corrected chi connectivity index (χ4v) is 0.395. The van der Waals surface area contributed by atoms with Gasteiger partial charge in [-0.15, -0.1) is 0 Å². The van der Waals surface area contributed by atoms with E-state index in [1.807, 2.05) is 13.8 Å². The van der Waals surface area contributed by atoms with Gasteiger partial charge in [-0.1, -0.05) is 25.7 Å². The van der Waals surface area contributed by atoms with Crippen molar-refractivity contribution < 1.29 is 10.2 Å². The summed E-state index contributed by atoms with van der Waals surface area (Å²) in [6.45, 7) is 6.90. The predicted molar refractivity (Wildman–Crippen MR) is 44.9 cm³/mol. The molecule has 2 unspecified atom stereocenters. The zero-order valence-electron chi connectivity index (χ0n) is 7.55. The first-order chi connectivity index (χ1) is 4.86. The molecule has 0 saturated carbocycles. The van der Waals surface area contributed by atoms with Crippen LogP contribution < -0.4 is 0 Å². The van der Waals surface area contributed by atoms with Crippen molar-refractivity contribution in [3.8, 4) is 11.8 Å². The Balaban J connectivity index is 4.26. The first-order valence-corrected chi connectivity index (χ1v) is 3.79. The highest BCUT2D eigenvalue weighted by Gasteiger charge is 2.23. The van der Waals surface area contributed by atoms with E-state index in [2.05, 4.69) is 11.8 Å². The summed E-state index contributed by atoms with van der Waals surface area (Å²) >= 11 is 0. The van der Waals surface area contributed by atoms with Crippen molar-refractivity contribution >= 4 is 0 Å². The summed E-state index contributed by atoms with van der Waals surface area (Å²) in [5.74, 6) is 5.64. The number of aliphatic hydroxyl groups excluding tert-OH is 1. The van der Waals surface area contributed by atoms with Gasteiger partial charge in [0.15, 0.2) is 0 Å². The largest absolute Gasteiger partial charge is 0.389 e. The van der Waals surface area contributed by atoms with E-state index in [1.165, 1.54) is 13.8 Å². The maximum Gasteiger partial charge on any atom is 0.148 e. The van der Waals surface area contributed by atoms with Crippen molar-refractivity contribution in [3.63, 3.8) is 0 Å². The first-order valence-electron chi connectivity index (χ1n) is 3.79. The molecule has 0 rings (SSSR count). The molecule has 0 radical (unpaired) electrons. The molecular formula is C9H16O2. The van der Waals surface area contributed by atoms with Crippen LogP contribution in [-0.4, -0.2) is 21.9 Å². The number of aliphatic hydroxyl groups is 2. The Morgan fingerprint density at radius 1 is 1.27 bits per heavy atom. The maximum atomic E-state index is 9.42. The van der Waals surface area contributed by atoms with Crippen LogP contribution in [0, 0.1) is 17.8 Å². The molecule has 0 aliphatic heterocycles. The lowest BCUT2D eigenvalue weighted by Gasteiger charge is -2.19. The number of hydrogen-bond donors (Lipinski definition) is 2. The normalized spacial score (nSPS) is 18.5. The lowest BCUT2D eigenvalue weighted by Crippen LogP contribution is -2.35. The second-order valence-electron chi connectivity index (χ2n) is 3.25. The summed E-state index contributed by atoms with van der Waals surface area (Å²) in [6.07, 6.45) is -0.811. The lowest BCUT2D eigenvalue weighted by molar-refractivity contribution is -0.00798. The minimum Gasteiger partial charge on any atom is -0.389 e. The van der Waals surface area contributed by atoms with Gasteiger partial charge in [0, 0.05) is 5.92 Å². The van der Waals surface area contributed by atoms with Gasteiger partial charge >= 0.3 is 0 Å². The van der Waals surface area contributed by atoms with Crippen molar-refractivity contribution in [2.24, 2.45) is 5.92 Å². The lowest BCUT2D eigenvalue weighted by atomic mass is 10.0. The van der Waals surface area contributed by atoms with Crippen LogP contribution in [0.1, 0.15) is 27.7 Å². The van der Waals surface area contributed by atoms with Gasteiger partial charge in [0.25, 0.3) is 0 Å². The molecular weight excluding hydrogens is 140 g/mol. The van der Waals surface area contributed by atoms with Gasteiger partial charge in [0.05, 0.1) is 6.10 Å². The minimum atomic E-state index is -1.27. The van der Waals surface area contributed by atoms with Gasteiger partial charge in [-0.05, 0) is 13.8 Å². The second kappa shape index (κ2) is 3.75. The van der Waals surface area contributed by atoms with E-state index in [4.69, 9.17) is 5.11 Å². The first kappa shape index (κ1) is 10.5. The highest BCUT2D eigenvalue weighted by atomic mass is 16.3. The molecule has 0 aromatic rings. The third-order valence-corrected chi connectivity index (χ3v) is 1.43. The fraction of sp³-hybridized carbons (Fsp3) is 0.778. The standard InChI is InChI=1S/C9H16O2/c1-7(2)5-6-9(4,11)8(3)10/h7-8,10-11H,1-4H3. The molecule has 0 heterocycles. The Morgan fingerprint density at radius 3 is 2.00 bits per heavy atom. The van der Waals surface area contributed by atoms with E-state index in [9.17, 15) is 5.11 Å². The monoisotopic (exact) mass is 156 g/mol. The number of hydrogen-bond acceptors (Lipinski definition) is 2. The van der Waals surface area contributed by atoms with E-state index < -0.39 is 11.7 Å². The van der Waals surface area contributed by atoms with E-state index >= 15 is 0 Å². The van der Waals surface area contributed by atoms with Crippen molar-refractivity contribution in [2.45, 2.75) is 39.4 Å². The quantitative estimate of drug-likeness (QED) is 0.551. The van der Waals surface area contributed by atoms with Crippen LogP contribution in [0.2, 0.25) is 0 Å². The summed E-state index contributed by atoms with van der Waals surface area (Å²) in [7, 11) is 0. The van der Waals surface area contributed by atoms with Crippen LogP contribution in [0.4, 0.5) is 0 Å². The predicted octanol–water partition coefficient (Wildman–Crippen LogP) is 0.778. The van der Waals surface area contributed by atoms with Crippen LogP contribution in [0.15, 0.2) is 0 Å². The Labute approximate surface area is 68.2 Å². The Morgan fingerprint density at radius 2 is 1.73 bits per heavy atom. The molecule has 0 saturated heterocycles. The molecule has 0 aromatic carbocycles. The van der Waals surface area contributed by atoms with Crippen molar-refractivity contribution in [1.29, 1.82) is 0 Å². The SMILES string of the molecule is CC(C)C#CC(C)(O)C(C)O. The van der Waals surface area contributed by atoms with Gasteiger partial charge in [-0.25, -0.2) is 0 Å². The molecule has 0 spiro atoms. The topological polar surface area (TPSA) is 40.5 Å². The molecule has 0 aliphatic carbocycles. The Hall–Kier alpha value is -0.520. The van der Waals surface area contributed by atoms with Crippen LogP contribution in [0.25, 0.3) is 0 Å². The Kier molecular flexibility index (Phi) is 3.57. The summed E-state index contributed by atoms with van der Waals surface area (Å²) in [5.41, 5.74) is -1.27. The second-order valence-corrected chi connectivity index (χ2v) is 3.25. The molecule has 0 bridgehead atoms. The summed E-state index contributed by atoms with van der Waals surface area (Å²) in [5, 5.41) is 18.5. The summed E-state index contributed by atoms with van der Waals surface area (Å²) in [6, 6.07) is 0. The number of rotatable bonds is 1. The average Bonchev–Trinajstić information content (AvgIpc) is 1.84. The molecule has 2 nitrogen and oxygen atoms in total. The van der Waals surface area contributed by atoms with E-state index in [1.54, 1.807) is 0 Å². The van der Waals surface area contributed by atoms with Crippen LogP contribution in [-0.2, 0) is 0 Å². The van der Waals surface area contributed by atoms with Gasteiger partial charge < -0.3 is 10.2 Å². The highest BCUT2D eigenvalue weighted by Crippen LogP contribution is 2.07.